The van der Waals surface area contributed by atoms with Crippen molar-refractivity contribution in [2.45, 2.75) is 19.4 Å². The smallest absolute Gasteiger partial charge is 0.254 e. The molecule has 2 amide bonds. The highest BCUT2D eigenvalue weighted by Crippen LogP contribution is 2.23. The van der Waals surface area contributed by atoms with E-state index in [1.165, 1.54) is 12.1 Å². The molecule has 0 saturated carbocycles. The molecule has 1 aliphatic rings. The number of nitrogens with zero attached hydrogens (tertiary/aromatic N) is 1. The van der Waals surface area contributed by atoms with Gasteiger partial charge >= 0.3 is 0 Å². The third-order valence-corrected chi connectivity index (χ3v) is 4.66. The predicted molar refractivity (Wildman–Crippen MR) is 92.1 cm³/mol. The zero-order valence-corrected chi connectivity index (χ0v) is 14.5. The van der Waals surface area contributed by atoms with Gasteiger partial charge in [0.1, 0.15) is 5.82 Å². The van der Waals surface area contributed by atoms with E-state index in [0.717, 1.165) is 24.0 Å². The number of rotatable bonds is 2. The molecular weight excluding hydrogens is 375 g/mol. The highest BCUT2D eigenvalue weighted by atomic mass is 79.9. The quantitative estimate of drug-likeness (QED) is 0.854. The number of nitrogens with two attached hydrogens (primary N) is 1. The zero-order chi connectivity index (χ0) is 17.3. The Labute approximate surface area is 147 Å². The van der Waals surface area contributed by atoms with Crippen molar-refractivity contribution in [3.8, 4) is 0 Å². The lowest BCUT2D eigenvalue weighted by atomic mass is 10.0. The van der Waals surface area contributed by atoms with E-state index in [-0.39, 0.29) is 22.9 Å². The molecule has 0 spiro atoms. The third kappa shape index (κ3) is 3.33. The topological polar surface area (TPSA) is 63.4 Å². The van der Waals surface area contributed by atoms with E-state index in [1.54, 1.807) is 29.2 Å². The van der Waals surface area contributed by atoms with Crippen LogP contribution >= 0.6 is 15.9 Å². The lowest BCUT2D eigenvalue weighted by molar-refractivity contribution is 0.0741. The summed E-state index contributed by atoms with van der Waals surface area (Å²) in [6.07, 6.45) is 1.46. The summed E-state index contributed by atoms with van der Waals surface area (Å²) in [6.45, 7) is 0.937. The van der Waals surface area contributed by atoms with E-state index in [0.29, 0.717) is 17.6 Å². The largest absolute Gasteiger partial charge is 0.366 e. The maximum absolute atomic E-state index is 13.4. The summed E-state index contributed by atoms with van der Waals surface area (Å²) in [6, 6.07) is 9.51. The molecule has 0 unspecified atom stereocenters. The molecule has 0 aliphatic carbocycles. The van der Waals surface area contributed by atoms with Crippen LogP contribution in [0.3, 0.4) is 0 Å². The van der Waals surface area contributed by atoms with Crippen LogP contribution in [0.15, 0.2) is 40.9 Å². The molecule has 0 saturated heterocycles. The van der Waals surface area contributed by atoms with Gasteiger partial charge in [0, 0.05) is 17.6 Å². The number of amides is 2. The number of benzene rings is 2. The third-order valence-electron chi connectivity index (χ3n) is 4.17. The molecule has 2 aromatic carbocycles. The van der Waals surface area contributed by atoms with Gasteiger partial charge in [-0.2, -0.15) is 0 Å². The van der Waals surface area contributed by atoms with E-state index in [9.17, 15) is 14.0 Å². The standard InChI is InChI=1S/C18H16BrFN2O2/c19-13-4-6-15(16(9-13)17(21)23)18(24)22-7-1-2-11-8-14(20)5-3-12(11)10-22/h3-6,8-9H,1-2,7,10H2,(H2,21,23). The minimum Gasteiger partial charge on any atom is -0.366 e. The van der Waals surface area contributed by atoms with Gasteiger partial charge in [-0.1, -0.05) is 22.0 Å². The van der Waals surface area contributed by atoms with Crippen LogP contribution in [-0.4, -0.2) is 23.3 Å². The minimum atomic E-state index is -0.642. The van der Waals surface area contributed by atoms with Gasteiger partial charge in [0.05, 0.1) is 11.1 Å². The summed E-state index contributed by atoms with van der Waals surface area (Å²) in [7, 11) is 0. The van der Waals surface area contributed by atoms with E-state index in [4.69, 9.17) is 5.73 Å². The van der Waals surface area contributed by atoms with Gasteiger partial charge in [0.2, 0.25) is 5.91 Å². The predicted octanol–water partition coefficient (Wildman–Crippen LogP) is 3.28. The molecular formula is C18H16BrFN2O2. The van der Waals surface area contributed by atoms with Crippen molar-refractivity contribution < 1.29 is 14.0 Å². The number of hydrogen-bond donors (Lipinski definition) is 1. The molecule has 0 fully saturated rings. The van der Waals surface area contributed by atoms with Gasteiger partial charge in [0.15, 0.2) is 0 Å². The van der Waals surface area contributed by atoms with Crippen LogP contribution in [0.25, 0.3) is 0 Å². The average molecular weight is 391 g/mol. The Hall–Kier alpha value is -2.21. The van der Waals surface area contributed by atoms with Crippen molar-refractivity contribution in [2.24, 2.45) is 5.73 Å². The van der Waals surface area contributed by atoms with Crippen molar-refractivity contribution in [1.29, 1.82) is 0 Å². The number of hydrogen-bond acceptors (Lipinski definition) is 2. The van der Waals surface area contributed by atoms with Crippen LogP contribution < -0.4 is 5.73 Å². The Morgan fingerprint density at radius 3 is 2.62 bits per heavy atom. The van der Waals surface area contributed by atoms with Gasteiger partial charge in [-0.3, -0.25) is 9.59 Å². The number of fused-ring (bicyclic) bond motifs is 1. The second kappa shape index (κ2) is 6.73. The highest BCUT2D eigenvalue weighted by molar-refractivity contribution is 9.10. The molecule has 1 aliphatic heterocycles. The monoisotopic (exact) mass is 390 g/mol. The molecule has 0 bridgehead atoms. The molecule has 1 heterocycles. The molecule has 4 nitrogen and oxygen atoms in total. The second-order valence-electron chi connectivity index (χ2n) is 5.80. The normalized spacial score (nSPS) is 14.0. The van der Waals surface area contributed by atoms with Crippen LogP contribution in [0, 0.1) is 5.82 Å². The summed E-state index contributed by atoms with van der Waals surface area (Å²) in [5.41, 5.74) is 7.74. The van der Waals surface area contributed by atoms with Gasteiger partial charge in [-0.15, -0.1) is 0 Å². The summed E-state index contributed by atoms with van der Waals surface area (Å²) >= 11 is 3.28. The number of carbonyl (C=O) groups is 2. The molecule has 3 rings (SSSR count). The fraction of sp³-hybridized carbons (Fsp3) is 0.222. The fourth-order valence-electron chi connectivity index (χ4n) is 2.98. The first-order valence-corrected chi connectivity index (χ1v) is 8.41. The summed E-state index contributed by atoms with van der Waals surface area (Å²) in [4.78, 5) is 26.2. The lowest BCUT2D eigenvalue weighted by Crippen LogP contribution is -2.32. The molecule has 0 atom stereocenters. The lowest BCUT2D eigenvalue weighted by Gasteiger charge is -2.22. The van der Waals surface area contributed by atoms with Crippen molar-refractivity contribution in [3.63, 3.8) is 0 Å². The number of carbonyl (C=O) groups excluding carboxylic acids is 2. The second-order valence-corrected chi connectivity index (χ2v) is 6.71. The van der Waals surface area contributed by atoms with Crippen molar-refractivity contribution >= 4 is 27.7 Å². The zero-order valence-electron chi connectivity index (χ0n) is 12.9. The van der Waals surface area contributed by atoms with Crippen molar-refractivity contribution in [3.05, 3.63) is 68.9 Å². The van der Waals surface area contributed by atoms with Crippen LogP contribution in [0.5, 0.6) is 0 Å². The van der Waals surface area contributed by atoms with E-state index >= 15 is 0 Å². The van der Waals surface area contributed by atoms with E-state index in [1.807, 2.05) is 0 Å². The number of halogens is 2. The maximum Gasteiger partial charge on any atom is 0.254 e. The molecule has 124 valence electrons. The molecule has 6 heteroatoms. The van der Waals surface area contributed by atoms with Crippen LogP contribution in [0.1, 0.15) is 38.3 Å². The minimum absolute atomic E-state index is 0.193. The van der Waals surface area contributed by atoms with Gasteiger partial charge in [-0.25, -0.2) is 4.39 Å². The first kappa shape index (κ1) is 16.6. The number of primary amides is 1. The Morgan fingerprint density at radius 1 is 1.08 bits per heavy atom. The summed E-state index contributed by atoms with van der Waals surface area (Å²) in [5.74, 6) is -1.15. The Kier molecular flexibility index (Phi) is 4.66. The molecule has 2 N–H and O–H groups in total. The first-order chi connectivity index (χ1) is 11.5. The number of aryl methyl sites for hydroxylation is 1. The van der Waals surface area contributed by atoms with Gasteiger partial charge in [0.25, 0.3) is 5.91 Å². The van der Waals surface area contributed by atoms with Gasteiger partial charge < -0.3 is 10.6 Å². The Balaban J connectivity index is 1.93. The van der Waals surface area contributed by atoms with E-state index < -0.39 is 5.91 Å². The van der Waals surface area contributed by atoms with Crippen molar-refractivity contribution in [1.82, 2.24) is 4.90 Å². The highest BCUT2D eigenvalue weighted by Gasteiger charge is 2.24. The van der Waals surface area contributed by atoms with Crippen molar-refractivity contribution in [2.75, 3.05) is 6.54 Å². The summed E-state index contributed by atoms with van der Waals surface area (Å²) in [5, 5.41) is 0. The van der Waals surface area contributed by atoms with Crippen LogP contribution in [-0.2, 0) is 13.0 Å². The van der Waals surface area contributed by atoms with E-state index in [2.05, 4.69) is 15.9 Å². The first-order valence-electron chi connectivity index (χ1n) is 7.61. The molecule has 0 aromatic heterocycles. The summed E-state index contributed by atoms with van der Waals surface area (Å²) < 4.78 is 14.1. The maximum atomic E-state index is 13.4. The SMILES string of the molecule is NC(=O)c1cc(Br)ccc1C(=O)N1CCCc2cc(F)ccc2C1. The molecule has 24 heavy (non-hydrogen) atoms. The molecule has 0 radical (unpaired) electrons. The Bertz CT molecular complexity index is 823. The Morgan fingerprint density at radius 2 is 1.88 bits per heavy atom. The molecule has 2 aromatic rings. The van der Waals surface area contributed by atoms with Crippen LogP contribution in [0.4, 0.5) is 4.39 Å². The average Bonchev–Trinajstić information content (AvgIpc) is 2.76. The fourth-order valence-corrected chi connectivity index (χ4v) is 3.34. The van der Waals surface area contributed by atoms with Gasteiger partial charge in [-0.05, 0) is 54.3 Å². The van der Waals surface area contributed by atoms with Crippen LogP contribution in [0.2, 0.25) is 0 Å².